The van der Waals surface area contributed by atoms with Gasteiger partial charge in [-0.05, 0) is 57.3 Å². The molecule has 0 aromatic carbocycles. The Hall–Kier alpha value is -1.21. The Labute approximate surface area is 173 Å². The van der Waals surface area contributed by atoms with Gasteiger partial charge in [-0.1, -0.05) is 6.92 Å². The number of nitrogens with zero attached hydrogens (tertiary/aromatic N) is 1. The molecule has 0 bridgehead atoms. The number of carbonyl (C=O) groups excluding carboxylic acids is 2. The van der Waals surface area contributed by atoms with Crippen molar-refractivity contribution in [3.8, 4) is 0 Å². The zero-order chi connectivity index (χ0) is 20.5. The zero-order valence-corrected chi connectivity index (χ0v) is 17.8. The molecule has 29 heavy (non-hydrogen) atoms. The summed E-state index contributed by atoms with van der Waals surface area (Å²) in [5.41, 5.74) is 0. The van der Waals surface area contributed by atoms with Crippen LogP contribution in [0.3, 0.4) is 0 Å². The lowest BCUT2D eigenvalue weighted by Gasteiger charge is -2.36. The first-order valence-corrected chi connectivity index (χ1v) is 11.6. The van der Waals surface area contributed by atoms with Crippen LogP contribution in [0.1, 0.15) is 65.2 Å². The van der Waals surface area contributed by atoms with Crippen LogP contribution < -0.4 is 16.0 Å². The maximum atomic E-state index is 14.3. The molecule has 2 saturated carbocycles. The molecule has 4 aliphatic rings. The highest BCUT2D eigenvalue weighted by Gasteiger charge is 2.46. The van der Waals surface area contributed by atoms with Crippen molar-refractivity contribution in [1.82, 2.24) is 20.9 Å². The number of fused-ring (bicyclic) bond motifs is 1. The maximum Gasteiger partial charge on any atom is 0.237 e. The van der Waals surface area contributed by atoms with Gasteiger partial charge in [0, 0.05) is 50.1 Å². The van der Waals surface area contributed by atoms with E-state index in [9.17, 15) is 14.0 Å². The van der Waals surface area contributed by atoms with E-state index in [1.807, 2.05) is 0 Å². The average molecular weight is 409 g/mol. The topological polar surface area (TPSA) is 73.5 Å². The maximum absolute atomic E-state index is 14.3. The second-order valence-corrected chi connectivity index (χ2v) is 9.92. The van der Waals surface area contributed by atoms with Crippen LogP contribution in [0.4, 0.5) is 4.39 Å². The van der Waals surface area contributed by atoms with Gasteiger partial charge in [-0.25, -0.2) is 4.39 Å². The van der Waals surface area contributed by atoms with E-state index in [-0.39, 0.29) is 41.9 Å². The molecule has 7 heteroatoms. The predicted molar refractivity (Wildman–Crippen MR) is 110 cm³/mol. The fourth-order valence-corrected chi connectivity index (χ4v) is 6.25. The Morgan fingerprint density at radius 1 is 1.03 bits per heavy atom. The largest absolute Gasteiger partial charge is 0.352 e. The summed E-state index contributed by atoms with van der Waals surface area (Å²) in [5, 5.41) is 9.76. The molecule has 2 saturated heterocycles. The van der Waals surface area contributed by atoms with Crippen LogP contribution in [0.15, 0.2) is 0 Å². The fraction of sp³-hybridized carbons (Fsp3) is 0.909. The van der Waals surface area contributed by atoms with Gasteiger partial charge in [-0.3, -0.25) is 14.5 Å². The number of likely N-dealkylation sites (tertiary alicyclic amines) is 1. The second-order valence-electron chi connectivity index (χ2n) is 9.92. The highest BCUT2D eigenvalue weighted by molar-refractivity contribution is 5.82. The molecule has 164 valence electrons. The Balaban J connectivity index is 1.27. The number of rotatable bonds is 4. The zero-order valence-electron chi connectivity index (χ0n) is 17.8. The van der Waals surface area contributed by atoms with Gasteiger partial charge in [0.25, 0.3) is 0 Å². The van der Waals surface area contributed by atoms with Gasteiger partial charge in [0.15, 0.2) is 0 Å². The van der Waals surface area contributed by atoms with Crippen LogP contribution in [0.2, 0.25) is 0 Å². The number of hydrogen-bond donors (Lipinski definition) is 3. The summed E-state index contributed by atoms with van der Waals surface area (Å²) >= 11 is 0. The van der Waals surface area contributed by atoms with Crippen molar-refractivity contribution in [3.63, 3.8) is 0 Å². The summed E-state index contributed by atoms with van der Waals surface area (Å²) in [4.78, 5) is 26.7. The van der Waals surface area contributed by atoms with E-state index in [1.54, 1.807) is 6.92 Å². The average Bonchev–Trinajstić information content (AvgIpc) is 3.33. The summed E-state index contributed by atoms with van der Waals surface area (Å²) < 4.78 is 14.3. The Bertz CT molecular complexity index is 600. The normalized spacial score (nSPS) is 43.0. The molecule has 0 spiro atoms. The Morgan fingerprint density at radius 3 is 2.62 bits per heavy atom. The molecular formula is C22H37FN4O2. The molecular weight excluding hydrogens is 371 g/mol. The molecule has 2 heterocycles. The SMILES string of the molecule is CC(=O)NC1CCN([C@H]2CCC[C@@H](NC(=O)C3CC4C(F)CCC(C)C4N3)C2)C1. The van der Waals surface area contributed by atoms with E-state index in [2.05, 4.69) is 27.8 Å². The first kappa shape index (κ1) is 21.0. The highest BCUT2D eigenvalue weighted by Crippen LogP contribution is 2.38. The summed E-state index contributed by atoms with van der Waals surface area (Å²) in [6, 6.07) is 0.819. The molecule has 0 radical (unpaired) electrons. The summed E-state index contributed by atoms with van der Waals surface area (Å²) in [6.45, 7) is 5.68. The minimum Gasteiger partial charge on any atom is -0.352 e. The van der Waals surface area contributed by atoms with Crippen molar-refractivity contribution in [3.05, 3.63) is 0 Å². The van der Waals surface area contributed by atoms with Crippen LogP contribution in [0.25, 0.3) is 0 Å². The van der Waals surface area contributed by atoms with E-state index in [0.29, 0.717) is 24.8 Å². The van der Waals surface area contributed by atoms with Crippen molar-refractivity contribution in [2.45, 2.75) is 102 Å². The summed E-state index contributed by atoms with van der Waals surface area (Å²) in [5.74, 6) is 0.529. The first-order chi connectivity index (χ1) is 13.9. The monoisotopic (exact) mass is 408 g/mol. The number of amides is 2. The molecule has 6 unspecified atom stereocenters. The molecule has 8 atom stereocenters. The smallest absolute Gasteiger partial charge is 0.237 e. The standard InChI is InChI=1S/C22H37FN4O2/c1-13-6-7-19(23)18-11-20(26-21(13)18)22(29)25-15-4-3-5-17(10-15)27-9-8-16(12-27)24-14(2)28/h13,15-21,26H,3-12H2,1-2H3,(H,24,28)(H,25,29)/t13?,15-,16?,17+,18?,19?,20?,21?/m1/s1. The molecule has 2 amide bonds. The fourth-order valence-electron chi connectivity index (χ4n) is 6.25. The Morgan fingerprint density at radius 2 is 1.86 bits per heavy atom. The molecule has 4 fully saturated rings. The summed E-state index contributed by atoms with van der Waals surface area (Å²) in [7, 11) is 0. The summed E-state index contributed by atoms with van der Waals surface area (Å²) in [6.07, 6.45) is 6.67. The van der Waals surface area contributed by atoms with Gasteiger partial charge in [-0.2, -0.15) is 0 Å². The first-order valence-electron chi connectivity index (χ1n) is 11.6. The van der Waals surface area contributed by atoms with Crippen molar-refractivity contribution in [2.75, 3.05) is 13.1 Å². The van der Waals surface area contributed by atoms with Gasteiger partial charge in [0.1, 0.15) is 6.17 Å². The number of hydrogen-bond acceptors (Lipinski definition) is 4. The Kier molecular flexibility index (Phi) is 6.44. The van der Waals surface area contributed by atoms with Gasteiger partial charge in [0.05, 0.1) is 6.04 Å². The number of nitrogens with one attached hydrogen (secondary N) is 3. The minimum absolute atomic E-state index is 0.0103. The van der Waals surface area contributed by atoms with Crippen LogP contribution in [-0.4, -0.2) is 66.2 Å². The molecule has 4 rings (SSSR count). The van der Waals surface area contributed by atoms with Crippen molar-refractivity contribution in [1.29, 1.82) is 0 Å². The van der Waals surface area contributed by atoms with E-state index in [4.69, 9.17) is 0 Å². The number of alkyl halides is 1. The van der Waals surface area contributed by atoms with Crippen LogP contribution in [0.5, 0.6) is 0 Å². The highest BCUT2D eigenvalue weighted by atomic mass is 19.1. The second kappa shape index (κ2) is 8.88. The quantitative estimate of drug-likeness (QED) is 0.663. The van der Waals surface area contributed by atoms with Crippen molar-refractivity contribution in [2.24, 2.45) is 11.8 Å². The third-order valence-electron chi connectivity index (χ3n) is 7.79. The van der Waals surface area contributed by atoms with Crippen LogP contribution in [0, 0.1) is 11.8 Å². The lowest BCUT2D eigenvalue weighted by molar-refractivity contribution is -0.124. The van der Waals surface area contributed by atoms with Gasteiger partial charge < -0.3 is 16.0 Å². The lowest BCUT2D eigenvalue weighted by atomic mass is 9.77. The van der Waals surface area contributed by atoms with Crippen LogP contribution in [-0.2, 0) is 9.59 Å². The van der Waals surface area contributed by atoms with Crippen molar-refractivity contribution < 1.29 is 14.0 Å². The van der Waals surface area contributed by atoms with Gasteiger partial charge >= 0.3 is 0 Å². The van der Waals surface area contributed by atoms with E-state index in [1.165, 1.54) is 0 Å². The molecule has 2 aliphatic heterocycles. The van der Waals surface area contributed by atoms with Crippen LogP contribution >= 0.6 is 0 Å². The lowest BCUT2D eigenvalue weighted by Crippen LogP contribution is -2.51. The number of carbonyl (C=O) groups is 2. The molecule has 0 aromatic heterocycles. The van der Waals surface area contributed by atoms with Crippen molar-refractivity contribution >= 4 is 11.8 Å². The number of halogens is 1. The van der Waals surface area contributed by atoms with E-state index < -0.39 is 6.17 Å². The van der Waals surface area contributed by atoms with E-state index in [0.717, 1.165) is 51.6 Å². The molecule has 3 N–H and O–H groups in total. The molecule has 2 aliphatic carbocycles. The third kappa shape index (κ3) is 4.76. The van der Waals surface area contributed by atoms with E-state index >= 15 is 0 Å². The van der Waals surface area contributed by atoms with Gasteiger partial charge in [-0.15, -0.1) is 0 Å². The predicted octanol–water partition coefficient (Wildman–Crippen LogP) is 1.74. The minimum atomic E-state index is -0.771. The molecule has 0 aromatic rings. The van der Waals surface area contributed by atoms with Gasteiger partial charge in [0.2, 0.25) is 11.8 Å². The molecule has 6 nitrogen and oxygen atoms in total. The third-order valence-corrected chi connectivity index (χ3v) is 7.79.